The lowest BCUT2D eigenvalue weighted by Gasteiger charge is -2.11. The van der Waals surface area contributed by atoms with E-state index in [1.165, 1.54) is 11.8 Å². The molecule has 0 unspecified atom stereocenters. The van der Waals surface area contributed by atoms with E-state index in [0.717, 1.165) is 21.5 Å². The Balaban J connectivity index is 1.43. The van der Waals surface area contributed by atoms with Gasteiger partial charge in [0.05, 0.1) is 0 Å². The van der Waals surface area contributed by atoms with E-state index in [-0.39, 0.29) is 5.95 Å². The zero-order valence-corrected chi connectivity index (χ0v) is 19.3. The summed E-state index contributed by atoms with van der Waals surface area (Å²) in [5.41, 5.74) is 2.52. The van der Waals surface area contributed by atoms with Crippen molar-refractivity contribution in [2.24, 2.45) is 0 Å². The molecule has 2 amide bonds. The van der Waals surface area contributed by atoms with Crippen molar-refractivity contribution in [3.63, 3.8) is 0 Å². The summed E-state index contributed by atoms with van der Waals surface area (Å²) in [6.07, 6.45) is 1.94. The quantitative estimate of drug-likeness (QED) is 0.191. The predicted octanol–water partition coefficient (Wildman–Crippen LogP) is 7.15. The minimum Gasteiger partial charge on any atom is -0.360 e. The molecule has 2 aromatic heterocycles. The average molecular weight is 487 g/mol. The van der Waals surface area contributed by atoms with Gasteiger partial charge < -0.3 is 15.6 Å². The summed E-state index contributed by atoms with van der Waals surface area (Å²) in [5.74, 6) is 0.712. The number of para-hydroxylation sites is 2. The van der Waals surface area contributed by atoms with Gasteiger partial charge in [-0.25, -0.2) is 9.78 Å². The van der Waals surface area contributed by atoms with Crippen LogP contribution in [0.5, 0.6) is 0 Å². The number of aromatic amines is 1. The molecule has 168 valence electrons. The highest BCUT2D eigenvalue weighted by Gasteiger charge is 2.12. The van der Waals surface area contributed by atoms with Crippen LogP contribution in [-0.2, 0) is 0 Å². The first-order valence-electron chi connectivity index (χ1n) is 10.4. The Hall–Kier alpha value is -4.01. The number of fused-ring (bicyclic) bond motifs is 1. The topological polar surface area (TPSA) is 94.7 Å². The van der Waals surface area contributed by atoms with Crippen molar-refractivity contribution in [3.05, 3.63) is 96.1 Å². The van der Waals surface area contributed by atoms with Crippen LogP contribution in [0.25, 0.3) is 10.9 Å². The summed E-state index contributed by atoms with van der Waals surface area (Å²) in [5, 5.41) is 11.2. The maximum absolute atomic E-state index is 12.5. The number of H-pyrrole nitrogens is 1. The zero-order chi connectivity index (χ0) is 23.3. The fraction of sp³-hybridized carbons (Fsp3) is 0. The van der Waals surface area contributed by atoms with E-state index in [9.17, 15) is 4.79 Å². The Labute approximate surface area is 205 Å². The molecule has 0 radical (unpaired) electrons. The maximum atomic E-state index is 12.5. The van der Waals surface area contributed by atoms with Crippen molar-refractivity contribution < 1.29 is 4.79 Å². The van der Waals surface area contributed by atoms with E-state index in [4.69, 9.17) is 11.6 Å². The molecule has 0 aliphatic carbocycles. The molecule has 5 aromatic rings. The number of urea groups is 1. The van der Waals surface area contributed by atoms with Crippen molar-refractivity contribution in [2.75, 3.05) is 16.0 Å². The van der Waals surface area contributed by atoms with Crippen molar-refractivity contribution in [1.29, 1.82) is 0 Å². The summed E-state index contributed by atoms with van der Waals surface area (Å²) in [6.45, 7) is 0. The molecule has 2 heterocycles. The highest BCUT2D eigenvalue weighted by atomic mass is 35.5. The number of rotatable bonds is 6. The second kappa shape index (κ2) is 9.86. The molecular formula is C25H19ClN6OS. The Morgan fingerprint density at radius 2 is 1.62 bits per heavy atom. The van der Waals surface area contributed by atoms with Gasteiger partial charge in [0.15, 0.2) is 0 Å². The Kier molecular flexibility index (Phi) is 6.33. The number of nitrogens with zero attached hydrogens (tertiary/aromatic N) is 2. The van der Waals surface area contributed by atoms with E-state index in [2.05, 4.69) is 37.0 Å². The molecule has 0 spiro atoms. The van der Waals surface area contributed by atoms with Gasteiger partial charge in [-0.3, -0.25) is 5.32 Å². The highest BCUT2D eigenvalue weighted by molar-refractivity contribution is 7.99. The first kappa shape index (κ1) is 21.8. The van der Waals surface area contributed by atoms with Gasteiger partial charge in [0.2, 0.25) is 5.95 Å². The number of aromatic nitrogens is 3. The molecule has 0 aliphatic rings. The van der Waals surface area contributed by atoms with Crippen LogP contribution in [0.4, 0.5) is 27.9 Å². The van der Waals surface area contributed by atoms with E-state index >= 15 is 0 Å². The maximum Gasteiger partial charge on any atom is 0.326 e. The van der Waals surface area contributed by atoms with Gasteiger partial charge in [0.1, 0.15) is 10.8 Å². The number of anilines is 4. The summed E-state index contributed by atoms with van der Waals surface area (Å²) >= 11 is 7.48. The normalized spacial score (nSPS) is 10.7. The number of amides is 2. The lowest BCUT2D eigenvalue weighted by atomic mass is 10.2. The molecule has 34 heavy (non-hydrogen) atoms. The van der Waals surface area contributed by atoms with Crippen LogP contribution in [0.3, 0.4) is 0 Å². The molecule has 4 N–H and O–H groups in total. The molecule has 0 saturated carbocycles. The molecule has 0 bridgehead atoms. The van der Waals surface area contributed by atoms with E-state index < -0.39 is 6.03 Å². The van der Waals surface area contributed by atoms with Crippen LogP contribution < -0.4 is 16.0 Å². The third kappa shape index (κ3) is 5.31. The third-order valence-corrected chi connectivity index (χ3v) is 6.07. The monoisotopic (exact) mass is 486 g/mol. The van der Waals surface area contributed by atoms with Gasteiger partial charge in [-0.05, 0) is 42.5 Å². The average Bonchev–Trinajstić information content (AvgIpc) is 3.24. The number of hydrogen-bond donors (Lipinski definition) is 4. The molecule has 0 fully saturated rings. The highest BCUT2D eigenvalue weighted by Crippen LogP contribution is 2.34. The van der Waals surface area contributed by atoms with Gasteiger partial charge >= 0.3 is 6.03 Å². The Bertz CT molecular complexity index is 1440. The van der Waals surface area contributed by atoms with Gasteiger partial charge in [-0.1, -0.05) is 59.8 Å². The summed E-state index contributed by atoms with van der Waals surface area (Å²) in [4.78, 5) is 25.9. The minimum atomic E-state index is -0.433. The second-order valence-electron chi connectivity index (χ2n) is 7.29. The first-order chi connectivity index (χ1) is 16.6. The SMILES string of the molecule is O=C(Nc1ccccc1)Nc1nc(Nc2ccc(Cl)cc2)cc(Sc2c[nH]c3ccccc23)n1. The molecule has 3 aromatic carbocycles. The summed E-state index contributed by atoms with van der Waals surface area (Å²) < 4.78 is 0. The van der Waals surface area contributed by atoms with Crippen LogP contribution in [0.1, 0.15) is 0 Å². The van der Waals surface area contributed by atoms with E-state index in [1.54, 1.807) is 24.3 Å². The van der Waals surface area contributed by atoms with Crippen molar-refractivity contribution >= 4 is 63.4 Å². The van der Waals surface area contributed by atoms with Crippen LogP contribution in [0, 0.1) is 0 Å². The fourth-order valence-corrected chi connectivity index (χ4v) is 4.37. The van der Waals surface area contributed by atoms with Gasteiger partial charge in [-0.15, -0.1) is 0 Å². The largest absolute Gasteiger partial charge is 0.360 e. The Morgan fingerprint density at radius 3 is 2.44 bits per heavy atom. The number of halogens is 1. The predicted molar refractivity (Wildman–Crippen MR) is 138 cm³/mol. The zero-order valence-electron chi connectivity index (χ0n) is 17.7. The number of carbonyl (C=O) groups is 1. The van der Waals surface area contributed by atoms with Gasteiger partial charge in [0.25, 0.3) is 0 Å². The van der Waals surface area contributed by atoms with Gasteiger partial charge in [0, 0.05) is 44.5 Å². The fourth-order valence-electron chi connectivity index (χ4n) is 3.31. The van der Waals surface area contributed by atoms with Crippen LogP contribution >= 0.6 is 23.4 Å². The number of benzene rings is 3. The van der Waals surface area contributed by atoms with Crippen LogP contribution in [0.2, 0.25) is 5.02 Å². The molecule has 0 atom stereocenters. The smallest absolute Gasteiger partial charge is 0.326 e. The summed E-state index contributed by atoms with van der Waals surface area (Å²) in [7, 11) is 0. The lowest BCUT2D eigenvalue weighted by Crippen LogP contribution is -2.21. The van der Waals surface area contributed by atoms with Crippen molar-refractivity contribution in [3.8, 4) is 0 Å². The molecule has 0 aliphatic heterocycles. The summed E-state index contributed by atoms with van der Waals surface area (Å²) in [6, 6.07) is 25.9. The van der Waals surface area contributed by atoms with Crippen molar-refractivity contribution in [1.82, 2.24) is 15.0 Å². The lowest BCUT2D eigenvalue weighted by molar-refractivity contribution is 0.262. The minimum absolute atomic E-state index is 0.176. The van der Waals surface area contributed by atoms with Gasteiger partial charge in [-0.2, -0.15) is 4.98 Å². The molecule has 0 saturated heterocycles. The first-order valence-corrected chi connectivity index (χ1v) is 11.6. The number of hydrogen-bond acceptors (Lipinski definition) is 5. The Morgan fingerprint density at radius 1 is 0.853 bits per heavy atom. The molecule has 5 rings (SSSR count). The number of nitrogens with one attached hydrogen (secondary N) is 4. The van der Waals surface area contributed by atoms with E-state index in [0.29, 0.717) is 21.6 Å². The van der Waals surface area contributed by atoms with Crippen LogP contribution in [0.15, 0.2) is 101 Å². The second-order valence-corrected chi connectivity index (χ2v) is 8.79. The van der Waals surface area contributed by atoms with Crippen molar-refractivity contribution in [2.45, 2.75) is 9.92 Å². The number of carbonyl (C=O) groups excluding carboxylic acids is 1. The van der Waals surface area contributed by atoms with E-state index in [1.807, 2.05) is 60.8 Å². The molecule has 9 heteroatoms. The molecule has 7 nitrogen and oxygen atoms in total. The third-order valence-electron chi connectivity index (χ3n) is 4.84. The standard InChI is InChI=1S/C25H19ClN6OS/c26-16-10-12-18(13-11-16)28-22-14-23(34-21-15-27-20-9-5-4-8-19(20)21)31-24(30-22)32-25(33)29-17-6-2-1-3-7-17/h1-15,27H,(H3,28,29,30,31,32,33). The van der Waals surface area contributed by atoms with Crippen LogP contribution in [-0.4, -0.2) is 21.0 Å². The molecular weight excluding hydrogens is 468 g/mol.